The molecule has 1 aromatic rings. The number of hydrogen-bond acceptors (Lipinski definition) is 2. The Balaban J connectivity index is 1.64. The molecule has 1 aromatic carbocycles. The summed E-state index contributed by atoms with van der Waals surface area (Å²) >= 11 is 0. The number of nitrogens with zero attached hydrogens (tertiary/aromatic N) is 1. The molecule has 1 heterocycles. The monoisotopic (exact) mass is 308 g/mol. The van der Waals surface area contributed by atoms with Crippen molar-refractivity contribution in [3.8, 4) is 0 Å². The predicted molar refractivity (Wildman–Crippen MR) is 77.1 cm³/mol. The third-order valence-corrected chi connectivity index (χ3v) is 4.48. The van der Waals surface area contributed by atoms with E-state index in [9.17, 15) is 18.4 Å². The summed E-state index contributed by atoms with van der Waals surface area (Å²) in [6, 6.07) is 3.24. The van der Waals surface area contributed by atoms with Crippen molar-refractivity contribution in [3.05, 3.63) is 29.8 Å². The Hall–Kier alpha value is -1.98. The van der Waals surface area contributed by atoms with Crippen LogP contribution in [0.25, 0.3) is 0 Å². The van der Waals surface area contributed by atoms with E-state index in [4.69, 9.17) is 0 Å². The van der Waals surface area contributed by atoms with Gasteiger partial charge in [-0.1, -0.05) is 12.8 Å². The largest absolute Gasteiger partial charge is 0.339 e. The summed E-state index contributed by atoms with van der Waals surface area (Å²) in [7, 11) is 0. The molecule has 118 valence electrons. The minimum absolute atomic E-state index is 0.00775. The van der Waals surface area contributed by atoms with E-state index in [2.05, 4.69) is 5.32 Å². The van der Waals surface area contributed by atoms with Gasteiger partial charge in [0.25, 0.3) is 0 Å². The maximum atomic E-state index is 13.6. The molecule has 6 heteroatoms. The van der Waals surface area contributed by atoms with Crippen LogP contribution in [0.4, 0.5) is 14.5 Å². The van der Waals surface area contributed by atoms with Gasteiger partial charge in [0.1, 0.15) is 11.6 Å². The number of anilines is 1. The molecule has 1 aliphatic carbocycles. The SMILES string of the molecule is O=C(Nc1ccc(F)cc1F)[C@H]1CC(=O)N(C2CCCC2)C1. The molecule has 1 atom stereocenters. The van der Waals surface area contributed by atoms with E-state index in [0.717, 1.165) is 37.8 Å². The van der Waals surface area contributed by atoms with Crippen molar-refractivity contribution in [2.75, 3.05) is 11.9 Å². The molecule has 0 aromatic heterocycles. The van der Waals surface area contributed by atoms with Crippen molar-refractivity contribution in [1.29, 1.82) is 0 Å². The minimum atomic E-state index is -0.815. The van der Waals surface area contributed by atoms with Crippen molar-refractivity contribution >= 4 is 17.5 Å². The highest BCUT2D eigenvalue weighted by Crippen LogP contribution is 2.30. The lowest BCUT2D eigenvalue weighted by Gasteiger charge is -2.23. The zero-order valence-corrected chi connectivity index (χ0v) is 12.1. The van der Waals surface area contributed by atoms with Crippen LogP contribution >= 0.6 is 0 Å². The van der Waals surface area contributed by atoms with Crippen molar-refractivity contribution < 1.29 is 18.4 Å². The highest BCUT2D eigenvalue weighted by atomic mass is 19.1. The molecule has 1 N–H and O–H groups in total. The van der Waals surface area contributed by atoms with Gasteiger partial charge in [-0.2, -0.15) is 0 Å². The van der Waals surface area contributed by atoms with E-state index in [-0.39, 0.29) is 30.0 Å². The molecule has 2 aliphatic rings. The van der Waals surface area contributed by atoms with Gasteiger partial charge in [-0.25, -0.2) is 8.78 Å². The van der Waals surface area contributed by atoms with E-state index in [0.29, 0.717) is 6.54 Å². The maximum absolute atomic E-state index is 13.6. The molecule has 1 saturated carbocycles. The predicted octanol–water partition coefficient (Wildman–Crippen LogP) is 2.69. The Morgan fingerprint density at radius 2 is 1.95 bits per heavy atom. The van der Waals surface area contributed by atoms with Crippen LogP contribution in [0.15, 0.2) is 18.2 Å². The van der Waals surface area contributed by atoms with Crippen LogP contribution < -0.4 is 5.32 Å². The van der Waals surface area contributed by atoms with E-state index in [1.165, 1.54) is 6.07 Å². The number of likely N-dealkylation sites (tertiary alicyclic amines) is 1. The number of nitrogens with one attached hydrogen (secondary N) is 1. The number of benzene rings is 1. The zero-order chi connectivity index (χ0) is 15.7. The average Bonchev–Trinajstić information content (AvgIpc) is 3.10. The minimum Gasteiger partial charge on any atom is -0.339 e. The summed E-state index contributed by atoms with van der Waals surface area (Å²) < 4.78 is 26.4. The topological polar surface area (TPSA) is 49.4 Å². The lowest BCUT2D eigenvalue weighted by Crippen LogP contribution is -2.35. The number of amides is 2. The fourth-order valence-corrected chi connectivity index (χ4v) is 3.30. The Kier molecular flexibility index (Phi) is 4.09. The van der Waals surface area contributed by atoms with E-state index < -0.39 is 17.6 Å². The van der Waals surface area contributed by atoms with Gasteiger partial charge in [0, 0.05) is 25.1 Å². The lowest BCUT2D eigenvalue weighted by atomic mass is 10.1. The van der Waals surface area contributed by atoms with Crippen molar-refractivity contribution in [1.82, 2.24) is 4.90 Å². The van der Waals surface area contributed by atoms with Crippen LogP contribution in [0.3, 0.4) is 0 Å². The maximum Gasteiger partial charge on any atom is 0.229 e. The van der Waals surface area contributed by atoms with Crippen LogP contribution in [0, 0.1) is 17.6 Å². The molecule has 22 heavy (non-hydrogen) atoms. The molecular weight excluding hydrogens is 290 g/mol. The summed E-state index contributed by atoms with van der Waals surface area (Å²) in [5.41, 5.74) is -0.0573. The average molecular weight is 308 g/mol. The first-order valence-electron chi connectivity index (χ1n) is 7.60. The second kappa shape index (κ2) is 6.02. The summed E-state index contributed by atoms with van der Waals surface area (Å²) in [5.74, 6) is -2.38. The van der Waals surface area contributed by atoms with Gasteiger partial charge in [0.15, 0.2) is 0 Å². The summed E-state index contributed by atoms with van der Waals surface area (Å²) in [4.78, 5) is 26.1. The molecule has 2 fully saturated rings. The van der Waals surface area contributed by atoms with Crippen molar-refractivity contribution in [2.45, 2.75) is 38.1 Å². The first-order valence-corrected chi connectivity index (χ1v) is 7.60. The quantitative estimate of drug-likeness (QED) is 0.933. The Morgan fingerprint density at radius 1 is 1.23 bits per heavy atom. The number of carbonyl (C=O) groups excluding carboxylic acids is 2. The first-order chi connectivity index (χ1) is 10.5. The van der Waals surface area contributed by atoms with Gasteiger partial charge < -0.3 is 10.2 Å². The molecular formula is C16H18F2N2O2. The number of halogens is 2. The third kappa shape index (κ3) is 2.96. The highest BCUT2D eigenvalue weighted by Gasteiger charge is 2.38. The van der Waals surface area contributed by atoms with Gasteiger partial charge in [-0.3, -0.25) is 9.59 Å². The second-order valence-corrected chi connectivity index (χ2v) is 6.00. The van der Waals surface area contributed by atoms with E-state index >= 15 is 0 Å². The number of rotatable bonds is 3. The third-order valence-electron chi connectivity index (χ3n) is 4.48. The van der Waals surface area contributed by atoms with Crippen LogP contribution in [0.1, 0.15) is 32.1 Å². The summed E-state index contributed by atoms with van der Waals surface area (Å²) in [5, 5.41) is 2.45. The Labute approximate surface area is 127 Å². The highest BCUT2D eigenvalue weighted by molar-refractivity contribution is 5.97. The molecule has 2 amide bonds. The zero-order valence-electron chi connectivity index (χ0n) is 12.1. The van der Waals surface area contributed by atoms with Gasteiger partial charge in [-0.05, 0) is 25.0 Å². The summed E-state index contributed by atoms with van der Waals surface area (Å²) in [6.45, 7) is 0.387. The van der Waals surface area contributed by atoms with Crippen LogP contribution in [-0.4, -0.2) is 29.3 Å². The molecule has 1 saturated heterocycles. The van der Waals surface area contributed by atoms with Crippen LogP contribution in [0.5, 0.6) is 0 Å². The standard InChI is InChI=1S/C16H18F2N2O2/c17-11-5-6-14(13(18)8-11)19-16(22)10-7-15(21)20(9-10)12-3-1-2-4-12/h5-6,8,10,12H,1-4,7,9H2,(H,19,22)/t10-/m0/s1. The van der Waals surface area contributed by atoms with Crippen molar-refractivity contribution in [2.24, 2.45) is 5.92 Å². The van der Waals surface area contributed by atoms with Gasteiger partial charge in [0.05, 0.1) is 11.6 Å². The molecule has 1 aliphatic heterocycles. The smallest absolute Gasteiger partial charge is 0.229 e. The fraction of sp³-hybridized carbons (Fsp3) is 0.500. The molecule has 3 rings (SSSR count). The Bertz CT molecular complexity index is 600. The summed E-state index contributed by atoms with van der Waals surface area (Å²) in [6.07, 6.45) is 4.38. The van der Waals surface area contributed by atoms with E-state index in [1.807, 2.05) is 0 Å². The van der Waals surface area contributed by atoms with E-state index in [1.54, 1.807) is 4.90 Å². The second-order valence-electron chi connectivity index (χ2n) is 6.00. The van der Waals surface area contributed by atoms with Gasteiger partial charge in [0.2, 0.25) is 11.8 Å². The molecule has 4 nitrogen and oxygen atoms in total. The molecule has 0 unspecified atom stereocenters. The van der Waals surface area contributed by atoms with Crippen LogP contribution in [-0.2, 0) is 9.59 Å². The molecule has 0 bridgehead atoms. The number of carbonyl (C=O) groups is 2. The molecule has 0 radical (unpaired) electrons. The lowest BCUT2D eigenvalue weighted by molar-refractivity contribution is -0.129. The first kappa shape index (κ1) is 14.9. The Morgan fingerprint density at radius 3 is 2.64 bits per heavy atom. The van der Waals surface area contributed by atoms with Gasteiger partial charge in [-0.15, -0.1) is 0 Å². The van der Waals surface area contributed by atoms with Gasteiger partial charge >= 0.3 is 0 Å². The fourth-order valence-electron chi connectivity index (χ4n) is 3.30. The number of hydrogen-bond donors (Lipinski definition) is 1. The normalized spacial score (nSPS) is 22.4. The van der Waals surface area contributed by atoms with Crippen LogP contribution in [0.2, 0.25) is 0 Å². The molecule has 0 spiro atoms. The van der Waals surface area contributed by atoms with Crippen molar-refractivity contribution in [3.63, 3.8) is 0 Å².